The lowest BCUT2D eigenvalue weighted by molar-refractivity contribution is 0.693. The van der Waals surface area contributed by atoms with E-state index in [1.165, 1.54) is 36.0 Å². The summed E-state index contributed by atoms with van der Waals surface area (Å²) in [6.45, 7) is 2.84. The molecule has 1 unspecified atom stereocenters. The van der Waals surface area contributed by atoms with Gasteiger partial charge in [0.05, 0.1) is 0 Å². The van der Waals surface area contributed by atoms with E-state index in [-0.39, 0.29) is 0 Å². The molecule has 2 aromatic carbocycles. The van der Waals surface area contributed by atoms with Crippen molar-refractivity contribution >= 4 is 0 Å². The summed E-state index contributed by atoms with van der Waals surface area (Å²) in [4.78, 5) is 0. The van der Waals surface area contributed by atoms with Crippen molar-refractivity contribution in [3.63, 3.8) is 0 Å². The van der Waals surface area contributed by atoms with Crippen molar-refractivity contribution in [2.75, 3.05) is 6.54 Å². The van der Waals surface area contributed by atoms with Gasteiger partial charge in [0.2, 0.25) is 0 Å². The van der Waals surface area contributed by atoms with E-state index in [0.717, 1.165) is 6.42 Å². The van der Waals surface area contributed by atoms with E-state index in [1.54, 1.807) is 11.1 Å². The maximum atomic E-state index is 6.00. The normalized spacial score (nSPS) is 15.1. The van der Waals surface area contributed by atoms with Gasteiger partial charge in [0.15, 0.2) is 0 Å². The zero-order valence-corrected chi connectivity index (χ0v) is 12.2. The fourth-order valence-corrected chi connectivity index (χ4v) is 3.21. The van der Waals surface area contributed by atoms with Crippen molar-refractivity contribution in [2.45, 2.75) is 38.5 Å². The van der Waals surface area contributed by atoms with E-state index in [4.69, 9.17) is 5.73 Å². The Labute approximate surface area is 121 Å². The van der Waals surface area contributed by atoms with Crippen LogP contribution in [0.3, 0.4) is 0 Å². The standard InChI is InChI=1S/C19H23N/c1-14-5-8-17(9-6-14)19(13-20)12-15-7-10-16-3-2-4-18(16)11-15/h5-11,19H,2-4,12-13,20H2,1H3. The van der Waals surface area contributed by atoms with Crippen molar-refractivity contribution in [2.24, 2.45) is 5.73 Å². The van der Waals surface area contributed by atoms with Gasteiger partial charge in [-0.25, -0.2) is 0 Å². The first-order chi connectivity index (χ1) is 9.76. The van der Waals surface area contributed by atoms with Crippen LogP contribution in [0.25, 0.3) is 0 Å². The van der Waals surface area contributed by atoms with Gasteiger partial charge in [0.25, 0.3) is 0 Å². The molecule has 0 radical (unpaired) electrons. The minimum atomic E-state index is 0.426. The Balaban J connectivity index is 1.79. The Hall–Kier alpha value is -1.60. The van der Waals surface area contributed by atoms with Crippen LogP contribution in [-0.4, -0.2) is 6.54 Å². The molecule has 1 atom stereocenters. The average Bonchev–Trinajstić information content (AvgIpc) is 2.93. The number of hydrogen-bond donors (Lipinski definition) is 1. The van der Waals surface area contributed by atoms with Gasteiger partial charge >= 0.3 is 0 Å². The molecular formula is C19H23N. The van der Waals surface area contributed by atoms with Crippen LogP contribution in [-0.2, 0) is 19.3 Å². The zero-order chi connectivity index (χ0) is 13.9. The highest BCUT2D eigenvalue weighted by Crippen LogP contribution is 2.26. The molecule has 1 nitrogen and oxygen atoms in total. The molecule has 0 spiro atoms. The lowest BCUT2D eigenvalue weighted by Gasteiger charge is -2.16. The molecule has 2 aromatic rings. The number of rotatable bonds is 4. The Morgan fingerprint density at radius 2 is 1.75 bits per heavy atom. The third kappa shape index (κ3) is 2.78. The number of nitrogens with two attached hydrogens (primary N) is 1. The fourth-order valence-electron chi connectivity index (χ4n) is 3.21. The van der Waals surface area contributed by atoms with Crippen LogP contribution < -0.4 is 5.73 Å². The molecule has 0 saturated heterocycles. The summed E-state index contributed by atoms with van der Waals surface area (Å²) >= 11 is 0. The Bertz CT molecular complexity index is 583. The highest BCUT2D eigenvalue weighted by atomic mass is 14.5. The monoisotopic (exact) mass is 265 g/mol. The number of fused-ring (bicyclic) bond motifs is 1. The Morgan fingerprint density at radius 1 is 1.00 bits per heavy atom. The molecule has 0 aliphatic heterocycles. The van der Waals surface area contributed by atoms with Gasteiger partial charge in [0.1, 0.15) is 0 Å². The van der Waals surface area contributed by atoms with Crippen molar-refractivity contribution < 1.29 is 0 Å². The van der Waals surface area contributed by atoms with Crippen LogP contribution in [0.1, 0.15) is 40.2 Å². The van der Waals surface area contributed by atoms with Crippen LogP contribution in [0.2, 0.25) is 0 Å². The van der Waals surface area contributed by atoms with Crippen molar-refractivity contribution in [1.29, 1.82) is 0 Å². The lowest BCUT2D eigenvalue weighted by atomic mass is 9.90. The second-order valence-electron chi connectivity index (χ2n) is 6.00. The first-order valence-electron chi connectivity index (χ1n) is 7.63. The molecule has 0 amide bonds. The molecule has 0 aromatic heterocycles. The zero-order valence-electron chi connectivity index (χ0n) is 12.2. The molecule has 0 saturated carbocycles. The molecule has 0 bridgehead atoms. The van der Waals surface area contributed by atoms with Gasteiger partial charge in [-0.3, -0.25) is 0 Å². The third-order valence-corrected chi connectivity index (χ3v) is 4.48. The van der Waals surface area contributed by atoms with Gasteiger partial charge in [-0.1, -0.05) is 48.0 Å². The van der Waals surface area contributed by atoms with Crippen molar-refractivity contribution in [3.05, 3.63) is 70.3 Å². The minimum Gasteiger partial charge on any atom is -0.330 e. The number of benzene rings is 2. The van der Waals surface area contributed by atoms with Crippen LogP contribution in [0.5, 0.6) is 0 Å². The first kappa shape index (κ1) is 13.4. The second-order valence-corrected chi connectivity index (χ2v) is 6.00. The molecule has 1 aliphatic rings. The fraction of sp³-hybridized carbons (Fsp3) is 0.368. The summed E-state index contributed by atoms with van der Waals surface area (Å²) in [6.07, 6.45) is 4.87. The average molecular weight is 265 g/mol. The quantitative estimate of drug-likeness (QED) is 0.894. The summed E-state index contributed by atoms with van der Waals surface area (Å²) in [5, 5.41) is 0. The summed E-state index contributed by atoms with van der Waals surface area (Å²) < 4.78 is 0. The van der Waals surface area contributed by atoms with Gasteiger partial charge in [-0.05, 0) is 61.4 Å². The topological polar surface area (TPSA) is 26.0 Å². The number of hydrogen-bond acceptors (Lipinski definition) is 1. The van der Waals surface area contributed by atoms with E-state index in [9.17, 15) is 0 Å². The minimum absolute atomic E-state index is 0.426. The number of aryl methyl sites for hydroxylation is 3. The summed E-state index contributed by atoms with van der Waals surface area (Å²) in [6, 6.07) is 15.8. The Morgan fingerprint density at radius 3 is 2.50 bits per heavy atom. The van der Waals surface area contributed by atoms with E-state index in [0.29, 0.717) is 12.5 Å². The molecule has 20 heavy (non-hydrogen) atoms. The highest BCUT2D eigenvalue weighted by Gasteiger charge is 2.14. The molecule has 0 heterocycles. The van der Waals surface area contributed by atoms with Gasteiger partial charge in [-0.2, -0.15) is 0 Å². The molecule has 104 valence electrons. The van der Waals surface area contributed by atoms with E-state index in [1.807, 2.05) is 0 Å². The first-order valence-corrected chi connectivity index (χ1v) is 7.63. The summed E-state index contributed by atoms with van der Waals surface area (Å²) in [7, 11) is 0. The molecule has 3 rings (SSSR count). The molecular weight excluding hydrogens is 242 g/mol. The van der Waals surface area contributed by atoms with Gasteiger partial charge < -0.3 is 5.73 Å². The molecule has 1 heteroatoms. The van der Waals surface area contributed by atoms with Crippen LogP contribution >= 0.6 is 0 Å². The summed E-state index contributed by atoms with van der Waals surface area (Å²) in [5.74, 6) is 0.426. The van der Waals surface area contributed by atoms with E-state index >= 15 is 0 Å². The van der Waals surface area contributed by atoms with Gasteiger partial charge in [0, 0.05) is 5.92 Å². The smallest absolute Gasteiger partial charge is 0.000157 e. The summed E-state index contributed by atoms with van der Waals surface area (Å²) in [5.41, 5.74) is 13.2. The van der Waals surface area contributed by atoms with Crippen LogP contribution in [0, 0.1) is 6.92 Å². The second kappa shape index (κ2) is 5.80. The predicted molar refractivity (Wildman–Crippen MR) is 85.1 cm³/mol. The van der Waals surface area contributed by atoms with Crippen LogP contribution in [0.4, 0.5) is 0 Å². The molecule has 0 fully saturated rings. The maximum absolute atomic E-state index is 6.00. The maximum Gasteiger partial charge on any atom is 0.000157 e. The third-order valence-electron chi connectivity index (χ3n) is 4.48. The van der Waals surface area contributed by atoms with E-state index < -0.39 is 0 Å². The predicted octanol–water partition coefficient (Wildman–Crippen LogP) is 3.77. The van der Waals surface area contributed by atoms with Crippen molar-refractivity contribution in [1.82, 2.24) is 0 Å². The Kier molecular flexibility index (Phi) is 3.88. The van der Waals surface area contributed by atoms with E-state index in [2.05, 4.69) is 49.4 Å². The lowest BCUT2D eigenvalue weighted by Crippen LogP contribution is -2.15. The van der Waals surface area contributed by atoms with Crippen LogP contribution in [0.15, 0.2) is 42.5 Å². The van der Waals surface area contributed by atoms with Crippen molar-refractivity contribution in [3.8, 4) is 0 Å². The highest BCUT2D eigenvalue weighted by molar-refractivity contribution is 5.36. The molecule has 2 N–H and O–H groups in total. The largest absolute Gasteiger partial charge is 0.330 e. The SMILES string of the molecule is Cc1ccc(C(CN)Cc2ccc3c(c2)CCC3)cc1. The molecule has 1 aliphatic carbocycles. The van der Waals surface area contributed by atoms with Gasteiger partial charge in [-0.15, -0.1) is 0 Å².